The molecule has 2 rings (SSSR count). The monoisotopic (exact) mass is 329 g/mol. The summed E-state index contributed by atoms with van der Waals surface area (Å²) in [6.45, 7) is 5.73. The van der Waals surface area contributed by atoms with Gasteiger partial charge in [0, 0.05) is 6.07 Å². The van der Waals surface area contributed by atoms with E-state index in [0.717, 1.165) is 4.90 Å². The van der Waals surface area contributed by atoms with Crippen molar-refractivity contribution in [2.24, 2.45) is 0 Å². The number of anilines is 1. The number of likely N-dealkylation sites (tertiary alicyclic amines) is 1. The molecule has 0 saturated carbocycles. The lowest BCUT2D eigenvalue weighted by Gasteiger charge is -2.24. The molecule has 1 aromatic heterocycles. The number of nitrogen functional groups attached to an aromatic ring is 1. The number of alkyl halides is 2. The minimum atomic E-state index is -3.19. The number of rotatable bonds is 2. The van der Waals surface area contributed by atoms with Gasteiger partial charge in [0.1, 0.15) is 5.60 Å². The lowest BCUT2D eigenvalue weighted by Crippen LogP contribution is -2.36. The molecule has 1 aliphatic heterocycles. The maximum atomic E-state index is 14.1. The summed E-state index contributed by atoms with van der Waals surface area (Å²) in [5.74, 6) is -3.14. The number of carbonyl (C=O) groups is 1. The first-order valence-electron chi connectivity index (χ1n) is 7.22. The fourth-order valence-corrected chi connectivity index (χ4v) is 2.09. The molecule has 0 bridgehead atoms. The van der Waals surface area contributed by atoms with Gasteiger partial charge in [-0.15, -0.1) is 0 Å². The Morgan fingerprint density at radius 2 is 2.13 bits per heavy atom. The van der Waals surface area contributed by atoms with Gasteiger partial charge in [0.2, 0.25) is 5.88 Å². The number of amides is 1. The average Bonchev–Trinajstić information content (AvgIpc) is 2.68. The van der Waals surface area contributed by atoms with Crippen LogP contribution < -0.4 is 10.5 Å². The van der Waals surface area contributed by atoms with Crippen LogP contribution in [0.1, 0.15) is 26.3 Å². The molecular formula is C15H21F2N3O3. The molecule has 1 aliphatic rings. The fourth-order valence-electron chi connectivity index (χ4n) is 2.09. The maximum absolute atomic E-state index is 14.1. The molecular weight excluding hydrogens is 308 g/mol. The van der Waals surface area contributed by atoms with E-state index in [-0.39, 0.29) is 12.4 Å². The van der Waals surface area contributed by atoms with E-state index in [9.17, 15) is 13.6 Å². The second kappa shape index (κ2) is 5.82. The van der Waals surface area contributed by atoms with Crippen LogP contribution in [0.15, 0.2) is 12.3 Å². The summed E-state index contributed by atoms with van der Waals surface area (Å²) in [7, 11) is 0. The quantitative estimate of drug-likeness (QED) is 0.902. The van der Waals surface area contributed by atoms with Gasteiger partial charge in [0.15, 0.2) is 6.10 Å². The molecule has 2 heterocycles. The first-order valence-corrected chi connectivity index (χ1v) is 7.22. The first kappa shape index (κ1) is 17.2. The third-order valence-corrected chi connectivity index (χ3v) is 3.30. The van der Waals surface area contributed by atoms with Crippen LogP contribution in [0.5, 0.6) is 5.88 Å². The highest BCUT2D eigenvalue weighted by Gasteiger charge is 2.52. The van der Waals surface area contributed by atoms with E-state index >= 15 is 0 Å². The zero-order valence-electron chi connectivity index (χ0n) is 13.6. The van der Waals surface area contributed by atoms with Crippen molar-refractivity contribution in [1.29, 1.82) is 0 Å². The van der Waals surface area contributed by atoms with Gasteiger partial charge in [-0.05, 0) is 33.3 Å². The predicted octanol–water partition coefficient (Wildman–Crippen LogP) is 2.61. The van der Waals surface area contributed by atoms with E-state index in [2.05, 4.69) is 4.98 Å². The second-order valence-electron chi connectivity index (χ2n) is 6.61. The van der Waals surface area contributed by atoms with Crippen LogP contribution in [-0.2, 0) is 4.74 Å². The summed E-state index contributed by atoms with van der Waals surface area (Å²) in [5, 5.41) is 0. The van der Waals surface area contributed by atoms with Crippen LogP contribution in [0.4, 0.5) is 19.3 Å². The van der Waals surface area contributed by atoms with Gasteiger partial charge in [-0.25, -0.2) is 18.6 Å². The zero-order chi connectivity index (χ0) is 17.4. The Kier molecular flexibility index (Phi) is 4.37. The summed E-state index contributed by atoms with van der Waals surface area (Å²) in [6.07, 6.45) is -0.918. The normalized spacial score (nSPS) is 20.4. The SMILES string of the molecule is Cc1cc(O[C@H]2CN(C(=O)OC(C)(C)C)CC2(F)F)ncc1N. The summed E-state index contributed by atoms with van der Waals surface area (Å²) >= 11 is 0. The summed E-state index contributed by atoms with van der Waals surface area (Å²) in [4.78, 5) is 16.8. The number of carbonyl (C=O) groups excluding carboxylic acids is 1. The number of nitrogens with zero attached hydrogens (tertiary/aromatic N) is 2. The molecule has 6 nitrogen and oxygen atoms in total. The molecule has 0 aliphatic carbocycles. The number of aromatic nitrogens is 1. The first-order chi connectivity index (χ1) is 10.5. The van der Waals surface area contributed by atoms with E-state index < -0.39 is 30.3 Å². The smallest absolute Gasteiger partial charge is 0.410 e. The van der Waals surface area contributed by atoms with Crippen molar-refractivity contribution in [2.75, 3.05) is 18.8 Å². The predicted molar refractivity (Wildman–Crippen MR) is 80.6 cm³/mol. The van der Waals surface area contributed by atoms with Crippen LogP contribution in [-0.4, -0.2) is 46.7 Å². The molecule has 23 heavy (non-hydrogen) atoms. The van der Waals surface area contributed by atoms with Crippen LogP contribution in [0.3, 0.4) is 0 Å². The minimum absolute atomic E-state index is 0.0485. The second-order valence-corrected chi connectivity index (χ2v) is 6.61. The van der Waals surface area contributed by atoms with Gasteiger partial charge >= 0.3 is 12.0 Å². The number of hydrogen-bond donors (Lipinski definition) is 1. The van der Waals surface area contributed by atoms with E-state index in [4.69, 9.17) is 15.2 Å². The summed E-state index contributed by atoms with van der Waals surface area (Å²) in [6, 6.07) is 1.49. The van der Waals surface area contributed by atoms with Crippen molar-refractivity contribution in [3.8, 4) is 5.88 Å². The summed E-state index contributed by atoms with van der Waals surface area (Å²) in [5.41, 5.74) is 6.02. The molecule has 1 amide bonds. The molecule has 2 N–H and O–H groups in total. The number of nitrogens with two attached hydrogens (primary N) is 1. The molecule has 0 radical (unpaired) electrons. The van der Waals surface area contributed by atoms with E-state index in [1.807, 2.05) is 0 Å². The average molecular weight is 329 g/mol. The standard InChI is InChI=1S/C15H21F2N3O3/c1-9-5-12(19-6-10(9)18)22-11-7-20(8-15(11,16)17)13(21)23-14(2,3)4/h5-6,11H,7-8,18H2,1-4H3/t11-/m0/s1. The van der Waals surface area contributed by atoms with E-state index in [1.54, 1.807) is 27.7 Å². The third kappa shape index (κ3) is 4.20. The Hall–Kier alpha value is -2.12. The van der Waals surface area contributed by atoms with Gasteiger partial charge in [0.25, 0.3) is 0 Å². The Morgan fingerprint density at radius 3 is 2.70 bits per heavy atom. The highest BCUT2D eigenvalue weighted by atomic mass is 19.3. The molecule has 8 heteroatoms. The van der Waals surface area contributed by atoms with Crippen LogP contribution in [0.25, 0.3) is 0 Å². The van der Waals surface area contributed by atoms with Crippen molar-refractivity contribution in [2.45, 2.75) is 45.3 Å². The topological polar surface area (TPSA) is 77.7 Å². The van der Waals surface area contributed by atoms with Gasteiger partial charge in [-0.3, -0.25) is 4.90 Å². The summed E-state index contributed by atoms with van der Waals surface area (Å²) < 4.78 is 38.6. The Morgan fingerprint density at radius 1 is 1.48 bits per heavy atom. The molecule has 0 aromatic carbocycles. The third-order valence-electron chi connectivity index (χ3n) is 3.30. The largest absolute Gasteiger partial charge is 0.466 e. The van der Waals surface area contributed by atoms with Gasteiger partial charge in [-0.2, -0.15) is 0 Å². The van der Waals surface area contributed by atoms with Gasteiger partial charge in [0.05, 0.1) is 25.0 Å². The minimum Gasteiger partial charge on any atom is -0.466 e. The molecule has 1 saturated heterocycles. The lowest BCUT2D eigenvalue weighted by molar-refractivity contribution is -0.0637. The van der Waals surface area contributed by atoms with Crippen LogP contribution >= 0.6 is 0 Å². The van der Waals surface area contributed by atoms with Gasteiger partial charge in [-0.1, -0.05) is 0 Å². The molecule has 1 aromatic rings. The number of aryl methyl sites for hydroxylation is 1. The van der Waals surface area contributed by atoms with Crippen molar-refractivity contribution >= 4 is 11.8 Å². The van der Waals surface area contributed by atoms with Crippen molar-refractivity contribution in [3.63, 3.8) is 0 Å². The molecule has 1 fully saturated rings. The van der Waals surface area contributed by atoms with Crippen molar-refractivity contribution in [3.05, 3.63) is 17.8 Å². The van der Waals surface area contributed by atoms with Crippen molar-refractivity contribution < 1.29 is 23.0 Å². The van der Waals surface area contributed by atoms with Gasteiger partial charge < -0.3 is 15.2 Å². The van der Waals surface area contributed by atoms with E-state index in [0.29, 0.717) is 11.3 Å². The highest BCUT2D eigenvalue weighted by Crippen LogP contribution is 2.32. The Labute approximate surface area is 133 Å². The zero-order valence-corrected chi connectivity index (χ0v) is 13.6. The highest BCUT2D eigenvalue weighted by molar-refractivity contribution is 5.68. The van der Waals surface area contributed by atoms with Crippen molar-refractivity contribution in [1.82, 2.24) is 9.88 Å². The van der Waals surface area contributed by atoms with Crippen LogP contribution in [0.2, 0.25) is 0 Å². The Bertz CT molecular complexity index is 602. The Balaban J connectivity index is 2.08. The molecule has 0 unspecified atom stereocenters. The molecule has 128 valence electrons. The molecule has 0 spiro atoms. The number of ether oxygens (including phenoxy) is 2. The number of hydrogen-bond acceptors (Lipinski definition) is 5. The fraction of sp³-hybridized carbons (Fsp3) is 0.600. The maximum Gasteiger partial charge on any atom is 0.410 e. The van der Waals surface area contributed by atoms with Crippen LogP contribution in [0, 0.1) is 6.92 Å². The van der Waals surface area contributed by atoms with E-state index in [1.165, 1.54) is 12.3 Å². The lowest BCUT2D eigenvalue weighted by atomic mass is 10.2. The molecule has 1 atom stereocenters. The number of halogens is 2. The number of pyridine rings is 1.